The Labute approximate surface area is 172 Å². The van der Waals surface area contributed by atoms with Gasteiger partial charge in [0.15, 0.2) is 11.8 Å². The van der Waals surface area contributed by atoms with E-state index in [1.165, 1.54) is 6.42 Å². The highest BCUT2D eigenvalue weighted by Gasteiger charge is 2.41. The summed E-state index contributed by atoms with van der Waals surface area (Å²) in [6, 6.07) is 0.345. The van der Waals surface area contributed by atoms with Gasteiger partial charge in [-0.1, -0.05) is 0 Å². The van der Waals surface area contributed by atoms with Crippen molar-refractivity contribution in [2.45, 2.75) is 64.3 Å². The number of hydrogen-bond donors (Lipinski definition) is 2. The number of nitrogens with one attached hydrogen (secondary N) is 2. The van der Waals surface area contributed by atoms with Crippen LogP contribution in [0.2, 0.25) is 0 Å². The third-order valence-corrected chi connectivity index (χ3v) is 4.95. The van der Waals surface area contributed by atoms with Crippen LogP contribution in [0.3, 0.4) is 0 Å². The molecule has 9 heteroatoms. The zero-order chi connectivity index (χ0) is 17.6. The zero-order valence-corrected chi connectivity index (χ0v) is 18.2. The summed E-state index contributed by atoms with van der Waals surface area (Å²) in [5.41, 5.74) is 0. The van der Waals surface area contributed by atoms with E-state index in [9.17, 15) is 0 Å². The van der Waals surface area contributed by atoms with Crippen LogP contribution in [0.5, 0.6) is 0 Å². The first-order chi connectivity index (χ1) is 12.2. The molecule has 2 N–H and O–H groups in total. The molecule has 3 heterocycles. The average molecular weight is 478 g/mol. The van der Waals surface area contributed by atoms with Gasteiger partial charge in [0, 0.05) is 26.8 Å². The number of fused-ring (bicyclic) bond motifs is 2. The SMILES string of the molecule is CCOCCCNC(=NCc1nnc(C)n1C)NC1CC2CCC1O2.I. The lowest BCUT2D eigenvalue weighted by atomic mass is 9.96. The highest BCUT2D eigenvalue weighted by atomic mass is 127. The van der Waals surface area contributed by atoms with Crippen molar-refractivity contribution in [2.24, 2.45) is 12.0 Å². The number of rotatable bonds is 8. The third-order valence-electron chi connectivity index (χ3n) is 4.95. The zero-order valence-electron chi connectivity index (χ0n) is 15.9. The fourth-order valence-corrected chi connectivity index (χ4v) is 3.38. The Morgan fingerprint density at radius 1 is 1.38 bits per heavy atom. The fraction of sp³-hybridized carbons (Fsp3) is 0.824. The molecule has 0 saturated carbocycles. The van der Waals surface area contributed by atoms with E-state index in [4.69, 9.17) is 14.5 Å². The van der Waals surface area contributed by atoms with Gasteiger partial charge in [-0.05, 0) is 39.5 Å². The second-order valence-corrected chi connectivity index (χ2v) is 6.72. The molecule has 0 aliphatic carbocycles. The maximum atomic E-state index is 5.94. The molecule has 148 valence electrons. The van der Waals surface area contributed by atoms with Crippen LogP contribution in [0, 0.1) is 6.92 Å². The first-order valence-electron chi connectivity index (χ1n) is 9.30. The molecule has 3 atom stereocenters. The number of guanidine groups is 1. The van der Waals surface area contributed by atoms with Crippen LogP contribution in [0.25, 0.3) is 0 Å². The monoisotopic (exact) mass is 478 g/mol. The van der Waals surface area contributed by atoms with Crippen molar-refractivity contribution in [2.75, 3.05) is 19.8 Å². The maximum absolute atomic E-state index is 5.94. The number of halogens is 1. The van der Waals surface area contributed by atoms with Crippen molar-refractivity contribution in [3.8, 4) is 0 Å². The summed E-state index contributed by atoms with van der Waals surface area (Å²) in [6.07, 6.45) is 5.08. The van der Waals surface area contributed by atoms with E-state index < -0.39 is 0 Å². The molecule has 2 aliphatic heterocycles. The molecule has 1 aromatic rings. The average Bonchev–Trinajstić information content (AvgIpc) is 3.30. The number of aromatic nitrogens is 3. The quantitative estimate of drug-likeness (QED) is 0.255. The van der Waals surface area contributed by atoms with E-state index in [2.05, 4.69) is 20.8 Å². The maximum Gasteiger partial charge on any atom is 0.192 e. The molecule has 2 fully saturated rings. The van der Waals surface area contributed by atoms with Crippen LogP contribution < -0.4 is 10.6 Å². The molecule has 2 bridgehead atoms. The van der Waals surface area contributed by atoms with E-state index in [-0.39, 0.29) is 24.0 Å². The summed E-state index contributed by atoms with van der Waals surface area (Å²) in [5, 5.41) is 15.2. The van der Waals surface area contributed by atoms with Gasteiger partial charge >= 0.3 is 0 Å². The Morgan fingerprint density at radius 3 is 2.85 bits per heavy atom. The lowest BCUT2D eigenvalue weighted by Crippen LogP contribution is -2.47. The minimum Gasteiger partial charge on any atom is -0.382 e. The second kappa shape index (κ2) is 10.4. The molecule has 3 unspecified atom stereocenters. The van der Waals surface area contributed by atoms with Crippen molar-refractivity contribution < 1.29 is 9.47 Å². The standard InChI is InChI=1S/C17H30N6O2.HI/c1-4-24-9-5-8-18-17(19-11-16-22-21-12(2)23(16)3)20-14-10-13-6-7-15(14)25-13;/h13-15H,4-11H2,1-3H3,(H2,18,19,20);1H. The largest absolute Gasteiger partial charge is 0.382 e. The first kappa shape index (κ1) is 21.4. The van der Waals surface area contributed by atoms with Crippen molar-refractivity contribution >= 4 is 29.9 Å². The predicted octanol–water partition coefficient (Wildman–Crippen LogP) is 1.52. The van der Waals surface area contributed by atoms with Gasteiger partial charge in [-0.2, -0.15) is 0 Å². The predicted molar refractivity (Wildman–Crippen MR) is 111 cm³/mol. The van der Waals surface area contributed by atoms with E-state index >= 15 is 0 Å². The number of ether oxygens (including phenoxy) is 2. The van der Waals surface area contributed by atoms with Gasteiger partial charge in [0.1, 0.15) is 12.4 Å². The Hall–Kier alpha value is -0.940. The summed E-state index contributed by atoms with van der Waals surface area (Å²) >= 11 is 0. The minimum atomic E-state index is 0. The first-order valence-corrected chi connectivity index (χ1v) is 9.30. The van der Waals surface area contributed by atoms with Crippen LogP contribution in [0.4, 0.5) is 0 Å². The molecule has 0 amide bonds. The highest BCUT2D eigenvalue weighted by molar-refractivity contribution is 14.0. The summed E-state index contributed by atoms with van der Waals surface area (Å²) in [4.78, 5) is 4.71. The topological polar surface area (TPSA) is 85.6 Å². The van der Waals surface area contributed by atoms with Gasteiger partial charge in [-0.15, -0.1) is 34.2 Å². The smallest absolute Gasteiger partial charge is 0.192 e. The second-order valence-electron chi connectivity index (χ2n) is 6.72. The lowest BCUT2D eigenvalue weighted by Gasteiger charge is -2.23. The molecule has 2 aliphatic rings. The Balaban J connectivity index is 0.00000243. The van der Waals surface area contributed by atoms with Crippen molar-refractivity contribution in [1.82, 2.24) is 25.4 Å². The molecule has 0 aromatic carbocycles. The Kier molecular flexibility index (Phi) is 8.55. The lowest BCUT2D eigenvalue weighted by molar-refractivity contribution is 0.0992. The highest BCUT2D eigenvalue weighted by Crippen LogP contribution is 2.34. The number of aliphatic imine (C=N–C) groups is 1. The molecule has 8 nitrogen and oxygen atoms in total. The molecule has 26 heavy (non-hydrogen) atoms. The molecule has 0 spiro atoms. The van der Waals surface area contributed by atoms with Gasteiger partial charge in [0.2, 0.25) is 0 Å². The fourth-order valence-electron chi connectivity index (χ4n) is 3.38. The molecule has 2 saturated heterocycles. The van der Waals surface area contributed by atoms with Gasteiger partial charge in [-0.3, -0.25) is 0 Å². The Morgan fingerprint density at radius 2 is 2.23 bits per heavy atom. The molecular weight excluding hydrogens is 447 g/mol. The summed E-state index contributed by atoms with van der Waals surface area (Å²) in [7, 11) is 1.96. The van der Waals surface area contributed by atoms with E-state index in [0.29, 0.717) is 24.8 Å². The normalized spacial score (nSPS) is 24.6. The van der Waals surface area contributed by atoms with Gasteiger partial charge in [0.05, 0.1) is 18.2 Å². The third kappa shape index (κ3) is 5.53. The van der Waals surface area contributed by atoms with Gasteiger partial charge in [-0.25, -0.2) is 4.99 Å². The van der Waals surface area contributed by atoms with Crippen molar-refractivity contribution in [3.63, 3.8) is 0 Å². The Bertz CT molecular complexity index is 594. The van der Waals surface area contributed by atoms with Crippen molar-refractivity contribution in [3.05, 3.63) is 11.6 Å². The molecule has 0 radical (unpaired) electrons. The number of hydrogen-bond acceptors (Lipinski definition) is 5. The minimum absolute atomic E-state index is 0. The van der Waals surface area contributed by atoms with Crippen LogP contribution >= 0.6 is 24.0 Å². The summed E-state index contributed by atoms with van der Waals surface area (Å²) in [6.45, 7) is 6.80. The van der Waals surface area contributed by atoms with Crippen LogP contribution in [0.1, 0.15) is 44.3 Å². The van der Waals surface area contributed by atoms with E-state index in [1.807, 2.05) is 25.5 Å². The van der Waals surface area contributed by atoms with Crippen LogP contribution in [-0.2, 0) is 23.1 Å². The van der Waals surface area contributed by atoms with Crippen LogP contribution in [-0.4, -0.2) is 58.7 Å². The molecule has 1 aromatic heterocycles. The van der Waals surface area contributed by atoms with Gasteiger partial charge in [0.25, 0.3) is 0 Å². The number of nitrogens with zero attached hydrogens (tertiary/aromatic N) is 4. The molecule has 3 rings (SSSR count). The summed E-state index contributed by atoms with van der Waals surface area (Å²) in [5.74, 6) is 2.57. The van der Waals surface area contributed by atoms with E-state index in [1.54, 1.807) is 0 Å². The molecular formula is C17H31IN6O2. The van der Waals surface area contributed by atoms with Crippen LogP contribution in [0.15, 0.2) is 4.99 Å². The summed E-state index contributed by atoms with van der Waals surface area (Å²) < 4.78 is 13.3. The number of aryl methyl sites for hydroxylation is 1. The van der Waals surface area contributed by atoms with Crippen molar-refractivity contribution in [1.29, 1.82) is 0 Å². The van der Waals surface area contributed by atoms with Gasteiger partial charge < -0.3 is 24.7 Å². The van der Waals surface area contributed by atoms with E-state index in [0.717, 1.165) is 56.6 Å².